The number of carbonyl (C=O) groups is 3. The third kappa shape index (κ3) is 17.5. The van der Waals surface area contributed by atoms with Gasteiger partial charge in [0.25, 0.3) is 0 Å². The van der Waals surface area contributed by atoms with E-state index in [4.69, 9.17) is 23.6 Å². The molecule has 528 valence electrons. The van der Waals surface area contributed by atoms with Crippen molar-refractivity contribution in [1.82, 2.24) is 45.9 Å². The molecular formula is C81H84F3N9O7S2. The number of pyridine rings is 3. The predicted molar refractivity (Wildman–Crippen MR) is 390 cm³/mol. The van der Waals surface area contributed by atoms with Crippen LogP contribution in [0.2, 0.25) is 0 Å². The number of amides is 3. The van der Waals surface area contributed by atoms with Gasteiger partial charge in [0.2, 0.25) is 0 Å². The highest BCUT2D eigenvalue weighted by Gasteiger charge is 2.45. The number of oxazole rings is 1. The van der Waals surface area contributed by atoms with E-state index in [-0.39, 0.29) is 65.7 Å². The van der Waals surface area contributed by atoms with Gasteiger partial charge >= 0.3 is 18.3 Å². The number of ether oxygens (including phenoxy) is 3. The zero-order chi connectivity index (χ0) is 70.5. The van der Waals surface area contributed by atoms with Crippen molar-refractivity contribution in [3.63, 3.8) is 0 Å². The molecule has 12 atom stereocenters. The number of aromatic nitrogens is 6. The standard InChI is InChI=1S/C27H28FN3O3.2C27H28FN3O2S/c2*1-2-33-27(32)31-22-9-10-23-19(13-22)14-25-26(30-16-34-25)24(23)11-8-21-7-6-18(15-29-21)17-4-3-5-20(28)12-17;1-2-33-27(32)31-22-9-10-23-19(13-22)14-25-26(34-16-30-25)24(23)11-8-21-7-6-18(15-29-21)17-4-3-5-20(28)12-17/h3*3-8,11-12,15-16,19,22-24H,2,9-10,13-14H2,1H3,(H,31,32)/b3*11-8+/t3*19-,22+,23+,24-/m000/s1. The van der Waals surface area contributed by atoms with E-state index in [0.29, 0.717) is 61.2 Å². The molecule has 3 fully saturated rings. The lowest BCUT2D eigenvalue weighted by atomic mass is 9.65. The summed E-state index contributed by atoms with van der Waals surface area (Å²) in [4.78, 5) is 66.0. The number of nitrogens with zero attached hydrogens (tertiary/aromatic N) is 6. The molecule has 9 aromatic rings. The third-order valence-corrected chi connectivity index (χ3v) is 22.7. The second-order valence-corrected chi connectivity index (χ2v) is 28.9. The number of halogens is 3. The lowest BCUT2D eigenvalue weighted by Crippen LogP contribution is -2.44. The third-order valence-electron chi connectivity index (χ3n) is 20.9. The number of nitrogens with one attached hydrogen (secondary N) is 3. The van der Waals surface area contributed by atoms with Crippen LogP contribution in [-0.4, -0.2) is 86.1 Å². The van der Waals surface area contributed by atoms with Crippen LogP contribution in [0.1, 0.15) is 146 Å². The van der Waals surface area contributed by atoms with Gasteiger partial charge in [0.05, 0.1) is 65.0 Å². The highest BCUT2D eigenvalue weighted by Crippen LogP contribution is 2.51. The summed E-state index contributed by atoms with van der Waals surface area (Å²) in [5, 5.41) is 9.08. The van der Waals surface area contributed by atoms with Crippen LogP contribution in [0.25, 0.3) is 51.6 Å². The first-order chi connectivity index (χ1) is 49.8. The molecule has 3 saturated carbocycles. The fourth-order valence-corrected chi connectivity index (χ4v) is 18.1. The van der Waals surface area contributed by atoms with Crippen molar-refractivity contribution in [3.05, 3.63) is 231 Å². The van der Waals surface area contributed by atoms with Crippen LogP contribution < -0.4 is 16.0 Å². The molecule has 6 heterocycles. The summed E-state index contributed by atoms with van der Waals surface area (Å²) in [5.41, 5.74) is 15.0. The fourth-order valence-electron chi connectivity index (χ4n) is 16.2. The van der Waals surface area contributed by atoms with Gasteiger partial charge in [-0.25, -0.2) is 42.5 Å². The molecule has 102 heavy (non-hydrogen) atoms. The van der Waals surface area contributed by atoms with E-state index in [2.05, 4.69) is 71.3 Å². The van der Waals surface area contributed by atoms with Gasteiger partial charge in [0, 0.05) is 87.3 Å². The van der Waals surface area contributed by atoms with Gasteiger partial charge in [0.1, 0.15) is 23.2 Å². The van der Waals surface area contributed by atoms with Gasteiger partial charge < -0.3 is 34.6 Å². The van der Waals surface area contributed by atoms with Crippen LogP contribution in [0.3, 0.4) is 0 Å². The number of carbonyl (C=O) groups excluding carboxylic acids is 3. The SMILES string of the molecule is CCOC(=O)N[C@@H]1CC[C@@H]2[C@H](Cc3ncsc3[C@H]2/C=C/c2ccc(-c3cccc(F)c3)cn2)C1.CCOC(=O)N[C@@H]1CC[C@@H]2[C@H](Cc3ocnc3[C@H]2/C=C/c2ccc(-c3cccc(F)c3)cn2)C1.CCOC(=O)N[C@@H]1CC[C@@H]2[C@H](Cc3scnc3[C@H]2/C=C/c2ccc(-c3cccc(F)c3)cn2)C1. The number of benzene rings is 3. The van der Waals surface area contributed by atoms with E-state index in [0.717, 1.165) is 139 Å². The molecule has 15 rings (SSSR count). The number of rotatable bonds is 15. The summed E-state index contributed by atoms with van der Waals surface area (Å²) in [5.74, 6) is 3.70. The number of allylic oxidation sites excluding steroid dienone is 3. The molecule has 16 nitrogen and oxygen atoms in total. The molecular weight excluding hydrogens is 1330 g/mol. The van der Waals surface area contributed by atoms with E-state index in [1.807, 2.05) is 92.5 Å². The Kier molecular flexibility index (Phi) is 23.2. The first-order valence-electron chi connectivity index (χ1n) is 35.6. The van der Waals surface area contributed by atoms with Gasteiger partial charge in [-0.3, -0.25) is 15.0 Å². The zero-order valence-corrected chi connectivity index (χ0v) is 59.0. The van der Waals surface area contributed by atoms with Crippen LogP contribution in [0.5, 0.6) is 0 Å². The average Bonchev–Trinajstić information content (AvgIpc) is 1.29. The van der Waals surface area contributed by atoms with E-state index in [1.165, 1.54) is 63.9 Å². The highest BCUT2D eigenvalue weighted by molar-refractivity contribution is 7.10. The minimum absolute atomic E-state index is 0.117. The van der Waals surface area contributed by atoms with Crippen LogP contribution in [-0.2, 0) is 33.5 Å². The number of alkyl carbamates (subject to hydrolysis) is 3. The summed E-state index contributed by atoms with van der Waals surface area (Å²) >= 11 is 3.46. The van der Waals surface area contributed by atoms with Crippen molar-refractivity contribution in [1.29, 1.82) is 0 Å². The Hall–Kier alpha value is -9.60. The number of fused-ring (bicyclic) bond motifs is 6. The molecule has 0 bridgehead atoms. The monoisotopic (exact) mass is 1420 g/mol. The normalized spacial score (nSPS) is 23.8. The molecule has 6 aliphatic rings. The summed E-state index contributed by atoms with van der Waals surface area (Å²) in [6.07, 6.45) is 30.4. The van der Waals surface area contributed by atoms with Crippen LogP contribution in [0, 0.1) is 53.0 Å². The predicted octanol–water partition coefficient (Wildman–Crippen LogP) is 18.2. The topological polar surface area (TPSA) is 205 Å². The van der Waals surface area contributed by atoms with E-state index in [1.54, 1.807) is 59.5 Å². The maximum Gasteiger partial charge on any atom is 0.407 e. The molecule has 6 aromatic heterocycles. The summed E-state index contributed by atoms with van der Waals surface area (Å²) in [7, 11) is 0. The Balaban J connectivity index is 0.000000137. The molecule has 3 amide bonds. The highest BCUT2D eigenvalue weighted by atomic mass is 32.1. The maximum atomic E-state index is 13.5. The lowest BCUT2D eigenvalue weighted by molar-refractivity contribution is 0.126. The molecule has 3 N–H and O–H groups in total. The van der Waals surface area contributed by atoms with E-state index >= 15 is 0 Å². The van der Waals surface area contributed by atoms with Crippen molar-refractivity contribution < 1.29 is 46.2 Å². The van der Waals surface area contributed by atoms with E-state index < -0.39 is 0 Å². The van der Waals surface area contributed by atoms with Crippen molar-refractivity contribution in [2.45, 2.75) is 134 Å². The first kappa shape index (κ1) is 70.8. The Morgan fingerprint density at radius 1 is 0.471 bits per heavy atom. The van der Waals surface area contributed by atoms with Gasteiger partial charge in [-0.15, -0.1) is 22.7 Å². The van der Waals surface area contributed by atoms with Crippen molar-refractivity contribution in [2.75, 3.05) is 19.8 Å². The van der Waals surface area contributed by atoms with Gasteiger partial charge in [-0.2, -0.15) is 0 Å². The van der Waals surface area contributed by atoms with Gasteiger partial charge in [-0.05, 0) is 216 Å². The molecule has 3 aromatic carbocycles. The Bertz CT molecular complexity index is 3970. The zero-order valence-electron chi connectivity index (χ0n) is 57.3. The largest absolute Gasteiger partial charge is 0.450 e. The molecule has 21 heteroatoms. The Labute approximate surface area is 600 Å². The first-order valence-corrected chi connectivity index (χ1v) is 37.3. The molecule has 0 saturated heterocycles. The Morgan fingerprint density at radius 3 is 1.33 bits per heavy atom. The average molecular weight is 1420 g/mol. The number of hydrogen-bond acceptors (Lipinski definition) is 15. The smallest absolute Gasteiger partial charge is 0.407 e. The Morgan fingerprint density at radius 2 is 0.892 bits per heavy atom. The van der Waals surface area contributed by atoms with Gasteiger partial charge in [-0.1, -0.05) is 72.8 Å². The lowest BCUT2D eigenvalue weighted by Gasteiger charge is -2.42. The van der Waals surface area contributed by atoms with Crippen molar-refractivity contribution >= 4 is 59.2 Å². The second-order valence-electron chi connectivity index (χ2n) is 27.1. The molecule has 0 aliphatic heterocycles. The molecule has 0 unspecified atom stereocenters. The molecule has 6 aliphatic carbocycles. The number of thiazole rings is 2. The van der Waals surface area contributed by atoms with Crippen LogP contribution in [0.15, 0.2) is 168 Å². The minimum atomic E-state index is -0.341. The van der Waals surface area contributed by atoms with Crippen LogP contribution in [0.4, 0.5) is 27.6 Å². The maximum absolute atomic E-state index is 13.5. The number of hydrogen-bond donors (Lipinski definition) is 3. The van der Waals surface area contributed by atoms with Crippen molar-refractivity contribution in [3.8, 4) is 33.4 Å². The minimum Gasteiger partial charge on any atom is -0.450 e. The fraction of sp³-hybridized carbons (Fsp3) is 0.370. The summed E-state index contributed by atoms with van der Waals surface area (Å²) in [6.45, 7) is 6.60. The second kappa shape index (κ2) is 33.5. The molecule has 0 spiro atoms. The van der Waals surface area contributed by atoms with Crippen molar-refractivity contribution in [2.24, 2.45) is 35.5 Å². The summed E-state index contributed by atoms with van der Waals surface area (Å²) in [6, 6.07) is 31.9. The van der Waals surface area contributed by atoms with E-state index in [9.17, 15) is 27.6 Å². The van der Waals surface area contributed by atoms with Gasteiger partial charge in [0.15, 0.2) is 6.39 Å². The molecule has 0 radical (unpaired) electrons. The van der Waals surface area contributed by atoms with Crippen LogP contribution >= 0.6 is 22.7 Å². The summed E-state index contributed by atoms with van der Waals surface area (Å²) < 4.78 is 61.6. The quantitative estimate of drug-likeness (QED) is 0.0818.